The van der Waals surface area contributed by atoms with E-state index in [1.165, 1.54) is 4.88 Å². The summed E-state index contributed by atoms with van der Waals surface area (Å²) in [7, 11) is 1.81. The molecule has 1 unspecified atom stereocenters. The molecule has 2 heterocycles. The van der Waals surface area contributed by atoms with Gasteiger partial charge in [-0.15, -0.1) is 11.3 Å². The van der Waals surface area contributed by atoms with E-state index < -0.39 is 0 Å². The molecule has 0 radical (unpaired) electrons. The number of rotatable bonds is 4. The van der Waals surface area contributed by atoms with E-state index >= 15 is 0 Å². The molecule has 0 bridgehead atoms. The molecule has 0 spiro atoms. The Hall–Kier alpha value is -1.69. The maximum absolute atomic E-state index is 12.1. The summed E-state index contributed by atoms with van der Waals surface area (Å²) in [6.07, 6.45) is 4.18. The van der Waals surface area contributed by atoms with Crippen molar-refractivity contribution < 1.29 is 4.79 Å². The fourth-order valence-corrected chi connectivity index (χ4v) is 2.85. The van der Waals surface area contributed by atoms with Crippen LogP contribution < -0.4 is 5.32 Å². The zero-order valence-electron chi connectivity index (χ0n) is 11.6. The molecule has 1 N–H and O–H groups in total. The lowest BCUT2D eigenvalue weighted by atomic mass is 10.2. The van der Waals surface area contributed by atoms with Gasteiger partial charge in [-0.1, -0.05) is 6.92 Å². The van der Waals surface area contributed by atoms with Crippen molar-refractivity contribution in [3.63, 3.8) is 0 Å². The number of hydrogen-bond acceptors (Lipinski definition) is 4. The summed E-state index contributed by atoms with van der Waals surface area (Å²) in [4.78, 5) is 21.9. The lowest BCUT2D eigenvalue weighted by Gasteiger charge is -2.14. The third kappa shape index (κ3) is 2.84. The molecule has 1 atom stereocenters. The van der Waals surface area contributed by atoms with Crippen molar-refractivity contribution in [1.29, 1.82) is 0 Å². The molecule has 1 amide bonds. The number of carbonyl (C=O) groups excluding carboxylic acids is 1. The number of carbonyl (C=O) groups is 1. The Bertz CT molecular complexity index is 568. The molecule has 6 heteroatoms. The minimum absolute atomic E-state index is 0.0541. The molecule has 0 aliphatic heterocycles. The minimum atomic E-state index is -0.162. The van der Waals surface area contributed by atoms with Crippen LogP contribution >= 0.6 is 11.3 Å². The second-order valence-corrected chi connectivity index (χ2v) is 5.72. The van der Waals surface area contributed by atoms with Crippen LogP contribution in [0.3, 0.4) is 0 Å². The van der Waals surface area contributed by atoms with Gasteiger partial charge < -0.3 is 9.88 Å². The first kappa shape index (κ1) is 13.7. The molecule has 0 fully saturated rings. The second-order valence-electron chi connectivity index (χ2n) is 4.49. The molecule has 0 aromatic carbocycles. The van der Waals surface area contributed by atoms with Gasteiger partial charge in [0.15, 0.2) is 5.82 Å². The van der Waals surface area contributed by atoms with E-state index in [1.54, 1.807) is 35.3 Å². The molecule has 0 aliphatic rings. The molecule has 5 nitrogen and oxygen atoms in total. The Kier molecular flexibility index (Phi) is 3.99. The lowest BCUT2D eigenvalue weighted by Crippen LogP contribution is -2.30. The van der Waals surface area contributed by atoms with Gasteiger partial charge in [-0.25, -0.2) is 9.97 Å². The standard InChI is InChI=1S/C13H18N4OS/c1-5-10(13-15-8(2)9(3)19-13)16-12(18)11-14-6-7-17(11)4/h6-7,10H,5H2,1-4H3,(H,16,18). The molecule has 0 saturated carbocycles. The van der Waals surface area contributed by atoms with Crippen molar-refractivity contribution >= 4 is 17.2 Å². The first-order chi connectivity index (χ1) is 9.02. The summed E-state index contributed by atoms with van der Waals surface area (Å²) in [5, 5.41) is 3.95. The molecular formula is C13H18N4OS. The number of hydrogen-bond donors (Lipinski definition) is 1. The van der Waals surface area contributed by atoms with Gasteiger partial charge in [0, 0.05) is 24.3 Å². The Labute approximate surface area is 116 Å². The molecule has 19 heavy (non-hydrogen) atoms. The number of thiazole rings is 1. The van der Waals surface area contributed by atoms with Crippen molar-refractivity contribution in [1.82, 2.24) is 19.9 Å². The topological polar surface area (TPSA) is 59.8 Å². The quantitative estimate of drug-likeness (QED) is 0.934. The van der Waals surface area contributed by atoms with Crippen LogP contribution in [0, 0.1) is 13.8 Å². The highest BCUT2D eigenvalue weighted by Crippen LogP contribution is 2.25. The number of imidazole rings is 1. The van der Waals surface area contributed by atoms with E-state index in [9.17, 15) is 4.79 Å². The van der Waals surface area contributed by atoms with Crippen LogP contribution in [0.4, 0.5) is 0 Å². The van der Waals surface area contributed by atoms with Crippen molar-refractivity contribution in [3.05, 3.63) is 33.8 Å². The number of nitrogens with one attached hydrogen (secondary N) is 1. The fourth-order valence-electron chi connectivity index (χ4n) is 1.79. The molecule has 2 rings (SSSR count). The number of amides is 1. The lowest BCUT2D eigenvalue weighted by molar-refractivity contribution is 0.0922. The van der Waals surface area contributed by atoms with E-state index in [2.05, 4.69) is 15.3 Å². The maximum atomic E-state index is 12.1. The van der Waals surface area contributed by atoms with Gasteiger partial charge in [-0.05, 0) is 20.3 Å². The Morgan fingerprint density at radius 1 is 1.53 bits per heavy atom. The minimum Gasteiger partial charge on any atom is -0.340 e. The molecule has 0 aliphatic carbocycles. The van der Waals surface area contributed by atoms with Crippen LogP contribution in [0.15, 0.2) is 12.4 Å². The van der Waals surface area contributed by atoms with Crippen molar-refractivity contribution in [2.45, 2.75) is 33.2 Å². The molecular weight excluding hydrogens is 260 g/mol. The summed E-state index contributed by atoms with van der Waals surface area (Å²) in [6.45, 7) is 6.07. The monoisotopic (exact) mass is 278 g/mol. The summed E-state index contributed by atoms with van der Waals surface area (Å²) >= 11 is 1.64. The van der Waals surface area contributed by atoms with Crippen molar-refractivity contribution in [2.24, 2.45) is 7.05 Å². The van der Waals surface area contributed by atoms with Crippen molar-refractivity contribution in [2.75, 3.05) is 0 Å². The van der Waals surface area contributed by atoms with Crippen LogP contribution in [-0.4, -0.2) is 20.4 Å². The Balaban J connectivity index is 2.16. The predicted molar refractivity (Wildman–Crippen MR) is 75.3 cm³/mol. The molecule has 102 valence electrons. The van der Waals surface area contributed by atoms with Crippen LogP contribution in [0.25, 0.3) is 0 Å². The normalized spacial score (nSPS) is 12.4. The average molecular weight is 278 g/mol. The van der Waals surface area contributed by atoms with E-state index in [1.807, 2.05) is 20.8 Å². The molecule has 0 saturated heterocycles. The summed E-state index contributed by atoms with van der Waals surface area (Å²) in [5.41, 5.74) is 1.03. The van der Waals surface area contributed by atoms with Gasteiger partial charge in [0.1, 0.15) is 5.01 Å². The summed E-state index contributed by atoms with van der Waals surface area (Å²) in [6, 6.07) is -0.0541. The number of nitrogens with zero attached hydrogens (tertiary/aromatic N) is 3. The molecule has 2 aromatic heterocycles. The predicted octanol–water partition coefficient (Wildman–Crippen LogP) is 2.37. The summed E-state index contributed by atoms with van der Waals surface area (Å²) in [5.74, 6) is 0.258. The van der Waals surface area contributed by atoms with E-state index in [0.29, 0.717) is 5.82 Å². The Morgan fingerprint density at radius 2 is 2.26 bits per heavy atom. The van der Waals surface area contributed by atoms with Gasteiger partial charge in [-0.2, -0.15) is 0 Å². The highest BCUT2D eigenvalue weighted by atomic mass is 32.1. The van der Waals surface area contributed by atoms with Crippen LogP contribution in [-0.2, 0) is 7.05 Å². The third-order valence-electron chi connectivity index (χ3n) is 3.08. The highest BCUT2D eigenvalue weighted by Gasteiger charge is 2.20. The van der Waals surface area contributed by atoms with Gasteiger partial charge >= 0.3 is 0 Å². The van der Waals surface area contributed by atoms with Crippen molar-refractivity contribution in [3.8, 4) is 0 Å². The first-order valence-electron chi connectivity index (χ1n) is 6.25. The van der Waals surface area contributed by atoms with Crippen LogP contribution in [0.1, 0.15) is 45.6 Å². The van der Waals surface area contributed by atoms with Crippen LogP contribution in [0.5, 0.6) is 0 Å². The smallest absolute Gasteiger partial charge is 0.287 e. The zero-order valence-corrected chi connectivity index (χ0v) is 12.4. The van der Waals surface area contributed by atoms with E-state index in [-0.39, 0.29) is 11.9 Å². The van der Waals surface area contributed by atoms with Gasteiger partial charge in [0.2, 0.25) is 0 Å². The maximum Gasteiger partial charge on any atom is 0.287 e. The third-order valence-corrected chi connectivity index (χ3v) is 4.27. The van der Waals surface area contributed by atoms with Crippen LogP contribution in [0.2, 0.25) is 0 Å². The highest BCUT2D eigenvalue weighted by molar-refractivity contribution is 7.11. The first-order valence-corrected chi connectivity index (χ1v) is 7.06. The van der Waals surface area contributed by atoms with E-state index in [4.69, 9.17) is 0 Å². The van der Waals surface area contributed by atoms with E-state index in [0.717, 1.165) is 17.1 Å². The largest absolute Gasteiger partial charge is 0.340 e. The number of aromatic nitrogens is 3. The fraction of sp³-hybridized carbons (Fsp3) is 0.462. The zero-order chi connectivity index (χ0) is 14.0. The SMILES string of the molecule is CCC(NC(=O)c1nccn1C)c1nc(C)c(C)s1. The van der Waals surface area contributed by atoms with Gasteiger partial charge in [0.25, 0.3) is 5.91 Å². The molecule has 2 aromatic rings. The second kappa shape index (κ2) is 5.52. The summed E-state index contributed by atoms with van der Waals surface area (Å²) < 4.78 is 1.71. The van der Waals surface area contributed by atoms with Gasteiger partial charge in [0.05, 0.1) is 11.7 Å². The van der Waals surface area contributed by atoms with Gasteiger partial charge in [-0.3, -0.25) is 4.79 Å². The Morgan fingerprint density at radius 3 is 2.74 bits per heavy atom. The number of aryl methyl sites for hydroxylation is 3. The average Bonchev–Trinajstić information content (AvgIpc) is 2.93.